The van der Waals surface area contributed by atoms with E-state index < -0.39 is 17.2 Å². The summed E-state index contributed by atoms with van der Waals surface area (Å²) in [6.07, 6.45) is 3.41. The number of hydrogen-bond acceptors (Lipinski definition) is 3. The van der Waals surface area contributed by atoms with Gasteiger partial charge in [-0.2, -0.15) is 13.2 Å². The summed E-state index contributed by atoms with van der Waals surface area (Å²) in [7, 11) is 0. The van der Waals surface area contributed by atoms with Crippen molar-refractivity contribution in [3.05, 3.63) is 131 Å². The molecule has 4 aromatic rings. The van der Waals surface area contributed by atoms with Crippen LogP contribution in [0.1, 0.15) is 47.6 Å². The minimum absolute atomic E-state index is 0.173. The van der Waals surface area contributed by atoms with Crippen LogP contribution < -0.4 is 5.32 Å². The molecule has 0 amide bonds. The van der Waals surface area contributed by atoms with Crippen molar-refractivity contribution in [2.75, 3.05) is 18.4 Å². The van der Waals surface area contributed by atoms with Gasteiger partial charge in [0.15, 0.2) is 0 Å². The number of nitrogens with one attached hydrogen (secondary N) is 1. The van der Waals surface area contributed by atoms with Crippen LogP contribution in [0.2, 0.25) is 0 Å². The van der Waals surface area contributed by atoms with Crippen LogP contribution in [0.3, 0.4) is 0 Å². The molecule has 0 radical (unpaired) electrons. The summed E-state index contributed by atoms with van der Waals surface area (Å²) in [5.41, 5.74) is 5.50. The Bertz CT molecular complexity index is 1690. The summed E-state index contributed by atoms with van der Waals surface area (Å²) in [6.45, 7) is 12.7. The molecule has 1 aliphatic heterocycles. The lowest BCUT2D eigenvalue weighted by atomic mass is 9.67. The van der Waals surface area contributed by atoms with Gasteiger partial charge in [0.2, 0.25) is 0 Å². The van der Waals surface area contributed by atoms with Crippen LogP contribution >= 0.6 is 11.9 Å². The van der Waals surface area contributed by atoms with E-state index in [1.807, 2.05) is 0 Å². The maximum Gasteiger partial charge on any atom is 0.417 e. The van der Waals surface area contributed by atoms with E-state index in [0.29, 0.717) is 17.8 Å². The van der Waals surface area contributed by atoms with Crippen molar-refractivity contribution in [1.82, 2.24) is 4.31 Å². The van der Waals surface area contributed by atoms with Crippen molar-refractivity contribution < 1.29 is 13.2 Å². The average Bonchev–Trinajstić information content (AvgIpc) is 3.02. The molecule has 5 rings (SSSR count). The molecule has 1 N–H and O–H groups in total. The molecule has 0 aliphatic carbocycles. The molecule has 45 heavy (non-hydrogen) atoms. The summed E-state index contributed by atoms with van der Waals surface area (Å²) in [5.74, 6) is 2.43. The van der Waals surface area contributed by atoms with E-state index in [0.717, 1.165) is 48.7 Å². The molecule has 4 aromatic carbocycles. The number of nitrogens with zero attached hydrogens (tertiary/aromatic N) is 1. The summed E-state index contributed by atoms with van der Waals surface area (Å²) in [6, 6.07) is 29.6. The average molecular weight is 625 g/mol. The van der Waals surface area contributed by atoms with E-state index in [1.54, 1.807) is 18.0 Å². The first-order valence-corrected chi connectivity index (χ1v) is 16.0. The Kier molecular flexibility index (Phi) is 9.82. The molecule has 2 nitrogen and oxygen atoms in total. The maximum absolute atomic E-state index is 13.8. The minimum atomic E-state index is -4.55. The van der Waals surface area contributed by atoms with Crippen molar-refractivity contribution >= 4 is 17.6 Å². The molecule has 6 heteroatoms. The van der Waals surface area contributed by atoms with E-state index in [1.165, 1.54) is 22.1 Å². The van der Waals surface area contributed by atoms with Gasteiger partial charge in [0.1, 0.15) is 0 Å². The lowest BCUT2D eigenvalue weighted by molar-refractivity contribution is -0.137. The maximum atomic E-state index is 13.8. The van der Waals surface area contributed by atoms with Crippen molar-refractivity contribution in [1.29, 1.82) is 0 Å². The number of allylic oxidation sites excluding steroid dienone is 1. The number of hydrogen-bond donors (Lipinski definition) is 1. The van der Waals surface area contributed by atoms with Crippen LogP contribution in [0.5, 0.6) is 0 Å². The van der Waals surface area contributed by atoms with Gasteiger partial charge in [-0.25, -0.2) is 4.31 Å². The molecule has 1 heterocycles. The smallest absolute Gasteiger partial charge is 0.359 e. The SMILES string of the molecule is C#Cc1ccc(NC(=C)C(C)(Cc2cccc(-c3cccc(C)c3)c2)C2CCN(Sc3ccc(C)cc3)CC2)cc1C(F)(F)F. The van der Waals surface area contributed by atoms with Gasteiger partial charge in [0.05, 0.1) is 5.56 Å². The second-order valence-corrected chi connectivity index (χ2v) is 13.4. The summed E-state index contributed by atoms with van der Waals surface area (Å²) in [4.78, 5) is 1.22. The third-order valence-electron chi connectivity index (χ3n) is 8.93. The molecule has 0 bridgehead atoms. The van der Waals surface area contributed by atoms with Crippen LogP contribution in [0.25, 0.3) is 11.1 Å². The quantitative estimate of drug-likeness (QED) is 0.147. The van der Waals surface area contributed by atoms with Crippen LogP contribution in [-0.4, -0.2) is 17.4 Å². The first kappa shape index (κ1) is 32.5. The third-order valence-corrected chi connectivity index (χ3v) is 10.0. The van der Waals surface area contributed by atoms with E-state index in [4.69, 9.17) is 6.42 Å². The van der Waals surface area contributed by atoms with Crippen molar-refractivity contribution in [3.8, 4) is 23.5 Å². The Morgan fingerprint density at radius 1 is 0.911 bits per heavy atom. The zero-order valence-corrected chi connectivity index (χ0v) is 26.9. The van der Waals surface area contributed by atoms with Gasteiger partial charge in [-0.1, -0.05) is 91.2 Å². The number of terminal acetylenes is 1. The van der Waals surface area contributed by atoms with Crippen molar-refractivity contribution in [3.63, 3.8) is 0 Å². The summed E-state index contributed by atoms with van der Waals surface area (Å²) in [5, 5.41) is 3.29. The Hall–Kier alpha value is -3.92. The predicted molar refractivity (Wildman–Crippen MR) is 182 cm³/mol. The largest absolute Gasteiger partial charge is 0.417 e. The summed E-state index contributed by atoms with van der Waals surface area (Å²) >= 11 is 1.78. The van der Waals surface area contributed by atoms with Crippen molar-refractivity contribution in [2.24, 2.45) is 11.3 Å². The van der Waals surface area contributed by atoms with Gasteiger partial charge < -0.3 is 5.32 Å². The normalized spacial score (nSPS) is 15.7. The molecule has 1 atom stereocenters. The Morgan fingerprint density at radius 2 is 1.58 bits per heavy atom. The van der Waals surface area contributed by atoms with E-state index in [9.17, 15) is 13.2 Å². The molecule has 1 saturated heterocycles. The predicted octanol–water partition coefficient (Wildman–Crippen LogP) is 10.6. The molecule has 0 spiro atoms. The Balaban J connectivity index is 1.42. The molecule has 1 fully saturated rings. The number of aryl methyl sites for hydroxylation is 2. The fraction of sp³-hybridized carbons (Fsp3) is 0.282. The number of alkyl halides is 3. The molecular weight excluding hydrogens is 586 g/mol. The van der Waals surface area contributed by atoms with Gasteiger partial charge >= 0.3 is 6.18 Å². The molecule has 0 aromatic heterocycles. The first-order valence-electron chi connectivity index (χ1n) is 15.2. The second-order valence-electron chi connectivity index (χ2n) is 12.3. The summed E-state index contributed by atoms with van der Waals surface area (Å²) < 4.78 is 43.9. The number of benzene rings is 4. The van der Waals surface area contributed by atoms with Gasteiger partial charge in [-0.15, -0.1) is 6.42 Å². The molecule has 1 aliphatic rings. The van der Waals surface area contributed by atoms with Crippen molar-refractivity contribution in [2.45, 2.75) is 51.1 Å². The van der Waals surface area contributed by atoms with Gasteiger partial charge in [-0.05, 0) is 98.0 Å². The highest BCUT2D eigenvalue weighted by atomic mass is 32.2. The van der Waals surface area contributed by atoms with Gasteiger partial charge in [0.25, 0.3) is 0 Å². The lowest BCUT2D eigenvalue weighted by Gasteiger charge is -2.44. The molecular formula is C39H39F3N2S. The highest BCUT2D eigenvalue weighted by molar-refractivity contribution is 7.97. The Morgan fingerprint density at radius 3 is 2.22 bits per heavy atom. The molecule has 232 valence electrons. The highest BCUT2D eigenvalue weighted by Gasteiger charge is 2.40. The molecule has 0 saturated carbocycles. The number of piperidine rings is 1. The zero-order chi connectivity index (χ0) is 32.2. The Labute approximate surface area is 269 Å². The van der Waals surface area contributed by atoms with E-state index in [2.05, 4.69) is 116 Å². The first-order chi connectivity index (χ1) is 21.4. The number of halogens is 3. The second kappa shape index (κ2) is 13.6. The highest BCUT2D eigenvalue weighted by Crippen LogP contribution is 2.45. The van der Waals surface area contributed by atoms with Crippen LogP contribution in [0, 0.1) is 37.5 Å². The standard InChI is InChI=1S/C39H39F3N2S/c1-6-31-15-16-35(25-37(31)39(40,41)42)43-29(4)38(5,26-30-10-8-12-33(24-30)32-11-7-9-28(3)23-32)34-19-21-44(22-20-34)45-36-17-13-27(2)14-18-36/h1,7-18,23-25,34,43H,4,19-22,26H2,2-3,5H3. The molecule has 1 unspecified atom stereocenters. The number of anilines is 1. The van der Waals surface area contributed by atoms with Crippen LogP contribution in [0.15, 0.2) is 108 Å². The van der Waals surface area contributed by atoms with Gasteiger partial charge in [0, 0.05) is 40.3 Å². The fourth-order valence-corrected chi connectivity index (χ4v) is 7.19. The van der Waals surface area contributed by atoms with E-state index in [-0.39, 0.29) is 11.5 Å². The zero-order valence-electron chi connectivity index (χ0n) is 26.0. The van der Waals surface area contributed by atoms with Gasteiger partial charge in [-0.3, -0.25) is 0 Å². The lowest BCUT2D eigenvalue weighted by Crippen LogP contribution is -2.41. The minimum Gasteiger partial charge on any atom is -0.359 e. The fourth-order valence-electron chi connectivity index (χ4n) is 6.24. The van der Waals surface area contributed by atoms with E-state index >= 15 is 0 Å². The third kappa shape index (κ3) is 7.84. The number of rotatable bonds is 9. The monoisotopic (exact) mass is 624 g/mol. The van der Waals surface area contributed by atoms with Crippen LogP contribution in [-0.2, 0) is 12.6 Å². The van der Waals surface area contributed by atoms with Crippen LogP contribution in [0.4, 0.5) is 18.9 Å². The topological polar surface area (TPSA) is 15.3 Å².